The average Bonchev–Trinajstić information content (AvgIpc) is 3.37. The van der Waals surface area contributed by atoms with Gasteiger partial charge in [0.1, 0.15) is 12.3 Å². The van der Waals surface area contributed by atoms with E-state index in [0.29, 0.717) is 30.0 Å². The number of likely N-dealkylation sites (tertiary alicyclic amines) is 1. The number of fused-ring (bicyclic) bond motifs is 1. The van der Waals surface area contributed by atoms with E-state index < -0.39 is 11.5 Å². The number of aryl methyl sites for hydroxylation is 1. The maximum absolute atomic E-state index is 13.2. The summed E-state index contributed by atoms with van der Waals surface area (Å²) in [7, 11) is 4.79. The molecular formula is C33H42N4O5. The van der Waals surface area contributed by atoms with E-state index in [2.05, 4.69) is 22.4 Å². The number of carbonyl (C=O) groups excluding carboxylic acids is 3. The van der Waals surface area contributed by atoms with E-state index in [-0.39, 0.29) is 18.2 Å². The highest BCUT2D eigenvalue weighted by Crippen LogP contribution is 2.43. The molecule has 1 saturated heterocycles. The number of benzene rings is 2. The molecule has 2 aromatic rings. The first-order valence-corrected chi connectivity index (χ1v) is 14.8. The number of rotatable bonds is 14. The zero-order chi connectivity index (χ0) is 30.1. The number of hydrogen-bond donors (Lipinski definition) is 1. The van der Waals surface area contributed by atoms with E-state index in [0.717, 1.165) is 81.1 Å². The lowest BCUT2D eigenvalue weighted by Gasteiger charge is -2.38. The van der Waals surface area contributed by atoms with Crippen LogP contribution in [-0.2, 0) is 28.0 Å². The number of aldehydes is 1. The van der Waals surface area contributed by atoms with Crippen molar-refractivity contribution in [1.82, 2.24) is 15.1 Å². The molecular weight excluding hydrogens is 532 g/mol. The number of likely N-dealkylation sites (N-methyl/N-ethyl adjacent to an activating group) is 1. The molecule has 0 saturated carbocycles. The summed E-state index contributed by atoms with van der Waals surface area (Å²) in [5.41, 5.74) is 3.14. The molecule has 2 aromatic carbocycles. The van der Waals surface area contributed by atoms with Gasteiger partial charge in [-0.05, 0) is 81.4 Å². The summed E-state index contributed by atoms with van der Waals surface area (Å²) in [6.07, 6.45) is 6.83. The van der Waals surface area contributed by atoms with Gasteiger partial charge < -0.3 is 29.4 Å². The summed E-state index contributed by atoms with van der Waals surface area (Å²) in [5, 5.41) is 12.8. The normalized spacial score (nSPS) is 16.8. The molecule has 0 spiro atoms. The smallest absolute Gasteiger partial charge is 0.255 e. The monoisotopic (exact) mass is 574 g/mol. The Labute approximate surface area is 248 Å². The lowest BCUT2D eigenvalue weighted by molar-refractivity contribution is -0.125. The van der Waals surface area contributed by atoms with Crippen LogP contribution in [0.2, 0.25) is 0 Å². The van der Waals surface area contributed by atoms with Crippen LogP contribution in [-0.4, -0.2) is 74.8 Å². The molecule has 0 aliphatic carbocycles. The first-order valence-electron chi connectivity index (χ1n) is 14.8. The molecule has 1 fully saturated rings. The van der Waals surface area contributed by atoms with Crippen molar-refractivity contribution in [1.29, 1.82) is 5.26 Å². The van der Waals surface area contributed by atoms with Crippen molar-refractivity contribution in [3.05, 3.63) is 58.7 Å². The summed E-state index contributed by atoms with van der Waals surface area (Å²) in [6, 6.07) is 13.5. The van der Waals surface area contributed by atoms with Gasteiger partial charge in [-0.15, -0.1) is 0 Å². The first-order chi connectivity index (χ1) is 20.4. The predicted molar refractivity (Wildman–Crippen MR) is 160 cm³/mol. The van der Waals surface area contributed by atoms with Gasteiger partial charge in [0.05, 0.1) is 25.7 Å². The van der Waals surface area contributed by atoms with Gasteiger partial charge in [-0.2, -0.15) is 5.26 Å². The Hall–Kier alpha value is -3.90. The zero-order valence-corrected chi connectivity index (χ0v) is 25.0. The SMILES string of the molecule is CNC(=O)C(CCC=O)N1Cc2c(CCCCCN3CCC(C#N)(c4cccc(OC)c4OC)CC3)cccc2C1=O. The first kappa shape index (κ1) is 31.0. The lowest BCUT2D eigenvalue weighted by Crippen LogP contribution is -2.46. The minimum absolute atomic E-state index is 0.142. The second-order valence-corrected chi connectivity index (χ2v) is 11.1. The summed E-state index contributed by atoms with van der Waals surface area (Å²) < 4.78 is 11.1. The van der Waals surface area contributed by atoms with E-state index >= 15 is 0 Å². The number of amides is 2. The second kappa shape index (κ2) is 14.3. The second-order valence-electron chi connectivity index (χ2n) is 11.1. The van der Waals surface area contributed by atoms with Gasteiger partial charge in [0.15, 0.2) is 11.5 Å². The van der Waals surface area contributed by atoms with E-state index in [9.17, 15) is 19.6 Å². The number of methoxy groups -OCH3 is 2. The average molecular weight is 575 g/mol. The molecule has 2 heterocycles. The molecule has 9 heteroatoms. The third kappa shape index (κ3) is 6.44. The van der Waals surface area contributed by atoms with Crippen molar-refractivity contribution in [2.45, 2.75) is 69.4 Å². The quantitative estimate of drug-likeness (QED) is 0.268. The van der Waals surface area contributed by atoms with Crippen molar-refractivity contribution < 1.29 is 23.9 Å². The summed E-state index contributed by atoms with van der Waals surface area (Å²) in [4.78, 5) is 40.7. The molecule has 4 rings (SSSR count). The molecule has 0 bridgehead atoms. The molecule has 2 aliphatic heterocycles. The van der Waals surface area contributed by atoms with Crippen LogP contribution in [0.15, 0.2) is 36.4 Å². The maximum atomic E-state index is 13.2. The van der Waals surface area contributed by atoms with Gasteiger partial charge in [0.2, 0.25) is 5.91 Å². The van der Waals surface area contributed by atoms with Crippen LogP contribution in [0.25, 0.3) is 0 Å². The number of para-hydroxylation sites is 1. The minimum atomic E-state index is -0.651. The highest BCUT2D eigenvalue weighted by Gasteiger charge is 2.39. The van der Waals surface area contributed by atoms with Crippen LogP contribution >= 0.6 is 0 Å². The number of carbonyl (C=O) groups is 3. The van der Waals surface area contributed by atoms with Crippen molar-refractivity contribution in [3.8, 4) is 17.6 Å². The largest absolute Gasteiger partial charge is 0.493 e. The molecule has 1 atom stereocenters. The fourth-order valence-corrected chi connectivity index (χ4v) is 6.42. The molecule has 9 nitrogen and oxygen atoms in total. The number of hydrogen-bond acceptors (Lipinski definition) is 7. The van der Waals surface area contributed by atoms with Crippen LogP contribution in [0, 0.1) is 11.3 Å². The van der Waals surface area contributed by atoms with Crippen molar-refractivity contribution >= 4 is 18.1 Å². The Morgan fingerprint density at radius 1 is 1.12 bits per heavy atom. The predicted octanol–water partition coefficient (Wildman–Crippen LogP) is 4.02. The molecule has 2 amide bonds. The molecule has 224 valence electrons. The van der Waals surface area contributed by atoms with Crippen molar-refractivity contribution in [2.75, 3.05) is 40.9 Å². The maximum Gasteiger partial charge on any atom is 0.255 e. The van der Waals surface area contributed by atoms with Crippen LogP contribution in [0.5, 0.6) is 11.5 Å². The van der Waals surface area contributed by atoms with Gasteiger partial charge >= 0.3 is 0 Å². The Bertz CT molecular complexity index is 1310. The third-order valence-electron chi connectivity index (χ3n) is 8.84. The van der Waals surface area contributed by atoms with E-state index in [1.165, 1.54) is 0 Å². The summed E-state index contributed by atoms with van der Waals surface area (Å²) >= 11 is 0. The topological polar surface area (TPSA) is 112 Å². The number of unbranched alkanes of at least 4 members (excludes halogenated alkanes) is 2. The van der Waals surface area contributed by atoms with Gasteiger partial charge in [-0.3, -0.25) is 9.59 Å². The minimum Gasteiger partial charge on any atom is -0.493 e. The Morgan fingerprint density at radius 2 is 1.88 bits per heavy atom. The number of nitrogens with one attached hydrogen (secondary N) is 1. The standard InChI is InChI=1S/C33H42N4O5/c1-35-31(39)28(14-9-21-38)37-22-26-24(11-7-12-25(26)32(37)40)10-5-4-6-18-36-19-16-33(23-34,17-20-36)27-13-8-15-29(41-2)30(27)42-3/h7-8,11-13,15,21,28H,4-6,9-10,14,16-20,22H2,1-3H3,(H,35,39). The Balaban J connectivity index is 1.28. The van der Waals surface area contributed by atoms with Crippen molar-refractivity contribution in [3.63, 3.8) is 0 Å². The number of ether oxygens (including phenoxy) is 2. The van der Waals surface area contributed by atoms with Gasteiger partial charge in [0.25, 0.3) is 5.91 Å². The van der Waals surface area contributed by atoms with Gasteiger partial charge in [0, 0.05) is 31.1 Å². The Kier molecular flexibility index (Phi) is 10.6. The number of piperidine rings is 1. The molecule has 1 N–H and O–H groups in total. The summed E-state index contributed by atoms with van der Waals surface area (Å²) in [5.74, 6) is 0.915. The highest BCUT2D eigenvalue weighted by molar-refractivity contribution is 6.01. The van der Waals surface area contributed by atoms with Crippen LogP contribution in [0.1, 0.15) is 72.0 Å². The lowest BCUT2D eigenvalue weighted by atomic mass is 9.73. The van der Waals surface area contributed by atoms with Crippen LogP contribution < -0.4 is 14.8 Å². The fourth-order valence-electron chi connectivity index (χ4n) is 6.42. The number of nitrogens with zero attached hydrogens (tertiary/aromatic N) is 3. The highest BCUT2D eigenvalue weighted by atomic mass is 16.5. The van der Waals surface area contributed by atoms with E-state index in [1.807, 2.05) is 30.3 Å². The molecule has 0 radical (unpaired) electrons. The summed E-state index contributed by atoms with van der Waals surface area (Å²) in [6.45, 7) is 3.09. The molecule has 0 aromatic heterocycles. The third-order valence-corrected chi connectivity index (χ3v) is 8.84. The van der Waals surface area contributed by atoms with Crippen molar-refractivity contribution in [2.24, 2.45) is 0 Å². The van der Waals surface area contributed by atoms with Crippen LogP contribution in [0.3, 0.4) is 0 Å². The molecule has 2 aliphatic rings. The fraction of sp³-hybridized carbons (Fsp3) is 0.515. The van der Waals surface area contributed by atoms with Crippen LogP contribution in [0.4, 0.5) is 0 Å². The van der Waals surface area contributed by atoms with E-state index in [1.54, 1.807) is 26.2 Å². The van der Waals surface area contributed by atoms with Gasteiger partial charge in [-0.25, -0.2) is 0 Å². The zero-order valence-electron chi connectivity index (χ0n) is 25.0. The molecule has 1 unspecified atom stereocenters. The number of nitriles is 1. The van der Waals surface area contributed by atoms with E-state index in [4.69, 9.17) is 9.47 Å². The Morgan fingerprint density at radius 3 is 2.55 bits per heavy atom. The van der Waals surface area contributed by atoms with Gasteiger partial charge in [-0.1, -0.05) is 30.7 Å². The molecule has 42 heavy (non-hydrogen) atoms.